The van der Waals surface area contributed by atoms with Crippen molar-refractivity contribution in [2.24, 2.45) is 5.92 Å². The van der Waals surface area contributed by atoms with Gasteiger partial charge < -0.3 is 14.6 Å². The van der Waals surface area contributed by atoms with Crippen molar-refractivity contribution >= 4 is 17.4 Å². The fourth-order valence-corrected chi connectivity index (χ4v) is 3.82. The Morgan fingerprint density at radius 3 is 2.13 bits per heavy atom. The SMILES string of the molecule is CCc1ccc(C2C(C(=O)CC(C)C)=C(O)C(=O)N2c2cc(OC)cc(OC)c2)cc1. The van der Waals surface area contributed by atoms with Gasteiger partial charge in [0.05, 0.1) is 31.5 Å². The molecule has 0 spiro atoms. The molecule has 0 bridgehead atoms. The maximum Gasteiger partial charge on any atom is 0.294 e. The van der Waals surface area contributed by atoms with Crippen molar-refractivity contribution in [1.29, 1.82) is 0 Å². The molecular weight excluding hydrogens is 394 g/mol. The summed E-state index contributed by atoms with van der Waals surface area (Å²) in [5.41, 5.74) is 2.50. The molecule has 0 radical (unpaired) electrons. The lowest BCUT2D eigenvalue weighted by atomic mass is 9.91. The lowest BCUT2D eigenvalue weighted by Gasteiger charge is -2.28. The molecule has 31 heavy (non-hydrogen) atoms. The van der Waals surface area contributed by atoms with Crippen molar-refractivity contribution in [3.05, 3.63) is 64.9 Å². The van der Waals surface area contributed by atoms with E-state index in [-0.39, 0.29) is 23.7 Å². The molecule has 0 saturated carbocycles. The number of benzene rings is 2. The van der Waals surface area contributed by atoms with E-state index in [0.717, 1.165) is 17.5 Å². The fourth-order valence-electron chi connectivity index (χ4n) is 3.82. The molecule has 0 fully saturated rings. The standard InChI is InChI=1S/C25H29NO5/c1-6-16-7-9-17(10-8-16)23-22(21(27)11-15(2)3)24(28)25(29)26(23)18-12-19(30-4)14-20(13-18)31-5/h7-10,12-15,23,28H,6,11H2,1-5H3. The van der Waals surface area contributed by atoms with Gasteiger partial charge in [0.25, 0.3) is 5.91 Å². The van der Waals surface area contributed by atoms with Crippen LogP contribution >= 0.6 is 0 Å². The molecule has 3 rings (SSSR count). The Kier molecular flexibility index (Phi) is 6.68. The molecule has 164 valence electrons. The van der Waals surface area contributed by atoms with Crippen LogP contribution in [-0.4, -0.2) is 31.0 Å². The number of hydrogen-bond acceptors (Lipinski definition) is 5. The summed E-state index contributed by atoms with van der Waals surface area (Å²) in [6, 6.07) is 12.1. The topological polar surface area (TPSA) is 76.1 Å². The highest BCUT2D eigenvalue weighted by Gasteiger charge is 2.44. The third-order valence-corrected chi connectivity index (χ3v) is 5.42. The molecule has 1 atom stereocenters. The van der Waals surface area contributed by atoms with Crippen molar-refractivity contribution in [2.75, 3.05) is 19.1 Å². The zero-order chi connectivity index (χ0) is 22.7. The Morgan fingerprint density at radius 2 is 1.65 bits per heavy atom. The van der Waals surface area contributed by atoms with Crippen LogP contribution in [0.5, 0.6) is 11.5 Å². The first-order valence-electron chi connectivity index (χ1n) is 10.4. The number of anilines is 1. The molecule has 1 unspecified atom stereocenters. The minimum atomic E-state index is -0.735. The first-order chi connectivity index (χ1) is 14.8. The van der Waals surface area contributed by atoms with Gasteiger partial charge in [-0.15, -0.1) is 0 Å². The average molecular weight is 424 g/mol. The van der Waals surface area contributed by atoms with Crippen LogP contribution in [0, 0.1) is 5.92 Å². The highest BCUT2D eigenvalue weighted by molar-refractivity contribution is 6.16. The van der Waals surface area contributed by atoms with Gasteiger partial charge in [0.15, 0.2) is 11.5 Å². The van der Waals surface area contributed by atoms with Gasteiger partial charge in [-0.2, -0.15) is 0 Å². The third kappa shape index (κ3) is 4.43. The molecule has 1 N–H and O–H groups in total. The number of nitrogens with zero attached hydrogens (tertiary/aromatic N) is 1. The van der Waals surface area contributed by atoms with Crippen LogP contribution in [0.1, 0.15) is 44.4 Å². The summed E-state index contributed by atoms with van der Waals surface area (Å²) in [7, 11) is 3.05. The van der Waals surface area contributed by atoms with E-state index < -0.39 is 17.7 Å². The lowest BCUT2D eigenvalue weighted by Crippen LogP contribution is -2.31. The minimum absolute atomic E-state index is 0.0944. The second kappa shape index (κ2) is 9.25. The molecule has 0 aliphatic carbocycles. The first kappa shape index (κ1) is 22.4. The van der Waals surface area contributed by atoms with E-state index in [1.807, 2.05) is 38.1 Å². The zero-order valence-corrected chi connectivity index (χ0v) is 18.6. The number of carbonyl (C=O) groups excluding carboxylic acids is 2. The number of carbonyl (C=O) groups is 2. The first-order valence-corrected chi connectivity index (χ1v) is 10.4. The van der Waals surface area contributed by atoms with E-state index in [0.29, 0.717) is 17.2 Å². The monoisotopic (exact) mass is 423 g/mol. The molecule has 1 aliphatic rings. The molecule has 0 saturated heterocycles. The Hall–Kier alpha value is -3.28. The fraction of sp³-hybridized carbons (Fsp3) is 0.360. The second-order valence-electron chi connectivity index (χ2n) is 8.03. The Bertz CT molecular complexity index is 985. The summed E-state index contributed by atoms with van der Waals surface area (Å²) < 4.78 is 10.7. The normalized spacial score (nSPS) is 16.3. The van der Waals surface area contributed by atoms with Gasteiger partial charge in [0.1, 0.15) is 11.5 Å². The Morgan fingerprint density at radius 1 is 1.06 bits per heavy atom. The van der Waals surface area contributed by atoms with Crippen molar-refractivity contribution in [2.45, 2.75) is 39.7 Å². The molecule has 2 aromatic rings. The van der Waals surface area contributed by atoms with E-state index in [4.69, 9.17) is 9.47 Å². The number of hydrogen-bond donors (Lipinski definition) is 1. The Labute approximate surface area is 183 Å². The van der Waals surface area contributed by atoms with Gasteiger partial charge in [-0.25, -0.2) is 0 Å². The van der Waals surface area contributed by atoms with E-state index in [9.17, 15) is 14.7 Å². The molecule has 1 amide bonds. The van der Waals surface area contributed by atoms with Crippen LogP contribution in [-0.2, 0) is 16.0 Å². The van der Waals surface area contributed by atoms with Crippen LogP contribution in [0.2, 0.25) is 0 Å². The summed E-state index contributed by atoms with van der Waals surface area (Å²) in [4.78, 5) is 27.7. The van der Waals surface area contributed by atoms with Gasteiger partial charge >= 0.3 is 0 Å². The average Bonchev–Trinajstić information content (AvgIpc) is 3.03. The van der Waals surface area contributed by atoms with E-state index in [2.05, 4.69) is 6.92 Å². The van der Waals surface area contributed by atoms with Gasteiger partial charge in [0.2, 0.25) is 0 Å². The predicted octanol–water partition coefficient (Wildman–Crippen LogP) is 4.78. The summed E-state index contributed by atoms with van der Waals surface area (Å²) in [6.07, 6.45) is 1.12. The van der Waals surface area contributed by atoms with Gasteiger partial charge in [-0.3, -0.25) is 14.5 Å². The lowest BCUT2D eigenvalue weighted by molar-refractivity contribution is -0.118. The van der Waals surface area contributed by atoms with Crippen molar-refractivity contribution in [1.82, 2.24) is 0 Å². The zero-order valence-electron chi connectivity index (χ0n) is 18.6. The largest absolute Gasteiger partial charge is 0.503 e. The number of aryl methyl sites for hydroxylation is 1. The summed E-state index contributed by atoms with van der Waals surface area (Å²) in [5.74, 6) is -0.254. The number of methoxy groups -OCH3 is 2. The van der Waals surface area contributed by atoms with E-state index in [1.54, 1.807) is 18.2 Å². The Balaban J connectivity index is 2.17. The van der Waals surface area contributed by atoms with Crippen LogP contribution in [0.15, 0.2) is 53.8 Å². The highest BCUT2D eigenvalue weighted by atomic mass is 16.5. The number of ketones is 1. The van der Waals surface area contributed by atoms with Crippen LogP contribution in [0.4, 0.5) is 5.69 Å². The molecule has 6 heteroatoms. The van der Waals surface area contributed by atoms with Gasteiger partial charge in [-0.1, -0.05) is 45.0 Å². The number of aliphatic hydroxyl groups excluding tert-OH is 1. The molecule has 2 aromatic carbocycles. The third-order valence-electron chi connectivity index (χ3n) is 5.42. The molecule has 1 heterocycles. The number of rotatable bonds is 8. The summed E-state index contributed by atoms with van der Waals surface area (Å²) in [6.45, 7) is 5.93. The second-order valence-corrected chi connectivity index (χ2v) is 8.03. The quantitative estimate of drug-likeness (QED) is 0.661. The number of ether oxygens (including phenoxy) is 2. The van der Waals surface area contributed by atoms with Gasteiger partial charge in [0, 0.05) is 24.6 Å². The molecule has 0 aromatic heterocycles. The molecule has 1 aliphatic heterocycles. The van der Waals surface area contributed by atoms with Crippen LogP contribution in [0.3, 0.4) is 0 Å². The molecule has 6 nitrogen and oxygen atoms in total. The highest BCUT2D eigenvalue weighted by Crippen LogP contribution is 2.43. The van der Waals surface area contributed by atoms with Crippen LogP contribution in [0.25, 0.3) is 0 Å². The van der Waals surface area contributed by atoms with Gasteiger partial charge in [-0.05, 0) is 23.5 Å². The smallest absolute Gasteiger partial charge is 0.294 e. The predicted molar refractivity (Wildman–Crippen MR) is 120 cm³/mol. The number of amides is 1. The minimum Gasteiger partial charge on any atom is -0.503 e. The van der Waals surface area contributed by atoms with Crippen molar-refractivity contribution < 1.29 is 24.2 Å². The van der Waals surface area contributed by atoms with Crippen LogP contribution < -0.4 is 14.4 Å². The van der Waals surface area contributed by atoms with E-state index in [1.165, 1.54) is 19.1 Å². The van der Waals surface area contributed by atoms with Crippen molar-refractivity contribution in [3.63, 3.8) is 0 Å². The number of Topliss-reactive ketones (excluding diaryl/α,β-unsaturated/α-hetero) is 1. The number of aliphatic hydroxyl groups is 1. The maximum absolute atomic E-state index is 13.2. The maximum atomic E-state index is 13.2. The summed E-state index contributed by atoms with van der Waals surface area (Å²) in [5, 5.41) is 10.8. The van der Waals surface area contributed by atoms with E-state index >= 15 is 0 Å². The van der Waals surface area contributed by atoms with Crippen molar-refractivity contribution in [3.8, 4) is 11.5 Å². The summed E-state index contributed by atoms with van der Waals surface area (Å²) >= 11 is 0. The molecular formula is C25H29NO5.